The third-order valence-electron chi connectivity index (χ3n) is 3.47. The molecule has 5 heteroatoms. The van der Waals surface area contributed by atoms with Gasteiger partial charge in [0, 0.05) is 17.0 Å². The molecule has 2 amide bonds. The van der Waals surface area contributed by atoms with Crippen LogP contribution in [0.25, 0.3) is 0 Å². The van der Waals surface area contributed by atoms with Crippen molar-refractivity contribution in [2.45, 2.75) is 26.7 Å². The highest BCUT2D eigenvalue weighted by molar-refractivity contribution is 6.06. The molecule has 0 heterocycles. The lowest BCUT2D eigenvalue weighted by atomic mass is 10.1. The molecule has 2 aromatic carbocycles. The highest BCUT2D eigenvalue weighted by Crippen LogP contribution is 2.15. The van der Waals surface area contributed by atoms with E-state index >= 15 is 0 Å². The summed E-state index contributed by atoms with van der Waals surface area (Å²) in [6.07, 6.45) is 0.962. The van der Waals surface area contributed by atoms with E-state index in [1.807, 2.05) is 37.3 Å². The van der Waals surface area contributed by atoms with E-state index in [1.165, 1.54) is 0 Å². The Bertz CT molecular complexity index is 739. The predicted octanol–water partition coefficient (Wildman–Crippen LogP) is 3.38. The van der Waals surface area contributed by atoms with Gasteiger partial charge >= 0.3 is 0 Å². The summed E-state index contributed by atoms with van der Waals surface area (Å²) in [5, 5.41) is 6.86. The van der Waals surface area contributed by atoms with Gasteiger partial charge in [-0.3, -0.25) is 9.59 Å². The second kappa shape index (κ2) is 8.62. The van der Waals surface area contributed by atoms with Crippen LogP contribution in [0, 0.1) is 0 Å². The van der Waals surface area contributed by atoms with Crippen molar-refractivity contribution >= 4 is 23.2 Å². The first-order chi connectivity index (χ1) is 11.6. The fraction of sp³-hybridized carbons (Fsp3) is 0.211. The molecular formula is C19H21N3O2. The SMILES string of the molecule is CCc1ccccc1NC(=O)C/C(C)=N/NC(=O)c1ccccc1. The van der Waals surface area contributed by atoms with Crippen LogP contribution < -0.4 is 10.7 Å². The van der Waals surface area contributed by atoms with Gasteiger partial charge in [0.15, 0.2) is 0 Å². The molecule has 2 N–H and O–H groups in total. The molecule has 0 fully saturated rings. The number of aryl methyl sites for hydroxylation is 1. The molecule has 2 rings (SSSR count). The highest BCUT2D eigenvalue weighted by atomic mass is 16.2. The van der Waals surface area contributed by atoms with Crippen molar-refractivity contribution in [1.82, 2.24) is 5.43 Å². The van der Waals surface area contributed by atoms with E-state index in [9.17, 15) is 9.59 Å². The molecule has 0 radical (unpaired) electrons. The molecule has 0 aliphatic heterocycles. The summed E-state index contributed by atoms with van der Waals surface area (Å²) in [7, 11) is 0. The van der Waals surface area contributed by atoms with E-state index in [4.69, 9.17) is 0 Å². The van der Waals surface area contributed by atoms with Crippen LogP contribution in [0.5, 0.6) is 0 Å². The largest absolute Gasteiger partial charge is 0.326 e. The number of amides is 2. The number of carbonyl (C=O) groups is 2. The monoisotopic (exact) mass is 323 g/mol. The molecule has 5 nitrogen and oxygen atoms in total. The van der Waals surface area contributed by atoms with Gasteiger partial charge in [0.25, 0.3) is 5.91 Å². The normalized spacial score (nSPS) is 11.0. The number of carbonyl (C=O) groups excluding carboxylic acids is 2. The number of benzene rings is 2. The topological polar surface area (TPSA) is 70.6 Å². The maximum absolute atomic E-state index is 12.1. The van der Waals surface area contributed by atoms with Crippen LogP contribution in [-0.4, -0.2) is 17.5 Å². The summed E-state index contributed by atoms with van der Waals surface area (Å²) >= 11 is 0. The van der Waals surface area contributed by atoms with Gasteiger partial charge in [-0.2, -0.15) is 5.10 Å². The molecule has 0 aromatic heterocycles. The lowest BCUT2D eigenvalue weighted by molar-refractivity contribution is -0.115. The Hall–Kier alpha value is -2.95. The first kappa shape index (κ1) is 17.4. The van der Waals surface area contributed by atoms with Crippen molar-refractivity contribution in [2.24, 2.45) is 5.10 Å². The third-order valence-corrected chi connectivity index (χ3v) is 3.47. The minimum Gasteiger partial charge on any atom is -0.326 e. The van der Waals surface area contributed by atoms with E-state index in [0.717, 1.165) is 17.7 Å². The van der Waals surface area contributed by atoms with E-state index in [-0.39, 0.29) is 18.2 Å². The summed E-state index contributed by atoms with van der Waals surface area (Å²) < 4.78 is 0. The Balaban J connectivity index is 1.90. The number of hydrazone groups is 1. The Morgan fingerprint density at radius 1 is 1.00 bits per heavy atom. The Morgan fingerprint density at radius 3 is 2.38 bits per heavy atom. The first-order valence-corrected chi connectivity index (χ1v) is 7.86. The van der Waals surface area contributed by atoms with Gasteiger partial charge in [-0.05, 0) is 37.1 Å². The van der Waals surface area contributed by atoms with Gasteiger partial charge in [0.05, 0.1) is 6.42 Å². The number of rotatable bonds is 6. The van der Waals surface area contributed by atoms with Crippen molar-refractivity contribution in [3.63, 3.8) is 0 Å². The molecule has 0 atom stereocenters. The molecule has 0 saturated carbocycles. The van der Waals surface area contributed by atoms with Crippen LogP contribution in [0.4, 0.5) is 5.69 Å². The van der Waals surface area contributed by atoms with Crippen molar-refractivity contribution in [3.8, 4) is 0 Å². The fourth-order valence-corrected chi connectivity index (χ4v) is 2.22. The molecule has 0 spiro atoms. The van der Waals surface area contributed by atoms with Gasteiger partial charge in [-0.1, -0.05) is 43.3 Å². The zero-order valence-corrected chi connectivity index (χ0v) is 13.9. The second-order valence-corrected chi connectivity index (χ2v) is 5.39. The average molecular weight is 323 g/mol. The molecule has 0 aliphatic carbocycles. The van der Waals surface area contributed by atoms with Crippen molar-refractivity contribution in [1.29, 1.82) is 0 Å². The van der Waals surface area contributed by atoms with Gasteiger partial charge in [0.1, 0.15) is 0 Å². The van der Waals surface area contributed by atoms with Crippen molar-refractivity contribution in [3.05, 3.63) is 65.7 Å². The molecule has 24 heavy (non-hydrogen) atoms. The van der Waals surface area contributed by atoms with Gasteiger partial charge in [-0.15, -0.1) is 0 Å². The summed E-state index contributed by atoms with van der Waals surface area (Å²) in [6, 6.07) is 16.5. The third kappa shape index (κ3) is 5.05. The number of hydrogen-bond acceptors (Lipinski definition) is 3. The van der Waals surface area contributed by atoms with Gasteiger partial charge in [-0.25, -0.2) is 5.43 Å². The Kier molecular flexibility index (Phi) is 6.25. The maximum atomic E-state index is 12.1. The van der Waals surface area contributed by atoms with Gasteiger partial charge in [0.2, 0.25) is 5.91 Å². The van der Waals surface area contributed by atoms with Crippen LogP contribution in [0.3, 0.4) is 0 Å². The van der Waals surface area contributed by atoms with Crippen LogP contribution in [0.15, 0.2) is 59.7 Å². The summed E-state index contributed by atoms with van der Waals surface area (Å²) in [5.74, 6) is -0.460. The summed E-state index contributed by atoms with van der Waals surface area (Å²) in [5.41, 5.74) is 5.41. The lowest BCUT2D eigenvalue weighted by Gasteiger charge is -2.09. The molecule has 2 aromatic rings. The second-order valence-electron chi connectivity index (χ2n) is 5.39. The van der Waals surface area contributed by atoms with E-state index in [0.29, 0.717) is 11.3 Å². The molecule has 0 unspecified atom stereocenters. The Labute approximate surface area is 141 Å². The van der Waals surface area contributed by atoms with Crippen LogP contribution in [-0.2, 0) is 11.2 Å². The molecule has 0 aliphatic rings. The van der Waals surface area contributed by atoms with Crippen LogP contribution in [0.2, 0.25) is 0 Å². The van der Waals surface area contributed by atoms with Crippen LogP contribution in [0.1, 0.15) is 36.2 Å². The summed E-state index contributed by atoms with van der Waals surface area (Å²) in [4.78, 5) is 24.0. The number of nitrogens with zero attached hydrogens (tertiary/aromatic N) is 1. The fourth-order valence-electron chi connectivity index (χ4n) is 2.22. The number of hydrogen-bond donors (Lipinski definition) is 2. The minimum absolute atomic E-state index is 0.118. The van der Waals surface area contributed by atoms with Crippen LogP contribution >= 0.6 is 0 Å². The molecule has 0 saturated heterocycles. The van der Waals surface area contributed by atoms with Crippen molar-refractivity contribution < 1.29 is 9.59 Å². The Morgan fingerprint density at radius 2 is 1.67 bits per heavy atom. The maximum Gasteiger partial charge on any atom is 0.271 e. The smallest absolute Gasteiger partial charge is 0.271 e. The zero-order chi connectivity index (χ0) is 17.4. The number of para-hydroxylation sites is 1. The molecular weight excluding hydrogens is 302 g/mol. The number of anilines is 1. The van der Waals surface area contributed by atoms with Gasteiger partial charge < -0.3 is 5.32 Å². The predicted molar refractivity (Wildman–Crippen MR) is 96.1 cm³/mol. The van der Waals surface area contributed by atoms with E-state index in [2.05, 4.69) is 15.8 Å². The lowest BCUT2D eigenvalue weighted by Crippen LogP contribution is -2.21. The highest BCUT2D eigenvalue weighted by Gasteiger charge is 2.08. The minimum atomic E-state index is -0.299. The molecule has 0 bridgehead atoms. The van der Waals surface area contributed by atoms with Crippen molar-refractivity contribution in [2.75, 3.05) is 5.32 Å². The van der Waals surface area contributed by atoms with E-state index < -0.39 is 0 Å². The summed E-state index contributed by atoms with van der Waals surface area (Å²) in [6.45, 7) is 3.74. The quantitative estimate of drug-likeness (QED) is 0.632. The molecule has 124 valence electrons. The first-order valence-electron chi connectivity index (χ1n) is 7.86. The number of nitrogens with one attached hydrogen (secondary N) is 2. The van der Waals surface area contributed by atoms with E-state index in [1.54, 1.807) is 31.2 Å². The average Bonchev–Trinajstić information content (AvgIpc) is 2.60. The standard InChI is InChI=1S/C19H21N3O2/c1-3-15-9-7-8-12-17(15)20-18(23)13-14(2)21-22-19(24)16-10-5-4-6-11-16/h4-12H,3,13H2,1-2H3,(H,20,23)(H,22,24)/b21-14+. The zero-order valence-electron chi connectivity index (χ0n) is 13.9.